The lowest BCUT2D eigenvalue weighted by atomic mass is 9.98. The first-order valence-electron chi connectivity index (χ1n) is 5.70. The van der Waals surface area contributed by atoms with Crippen LogP contribution in [0.25, 0.3) is 0 Å². The van der Waals surface area contributed by atoms with Crippen LogP contribution in [0.5, 0.6) is 0 Å². The van der Waals surface area contributed by atoms with Gasteiger partial charge in [0.15, 0.2) is 0 Å². The smallest absolute Gasteiger partial charge is 0.129 e. The van der Waals surface area contributed by atoms with Crippen molar-refractivity contribution in [2.75, 3.05) is 7.05 Å². The molecule has 0 amide bonds. The Morgan fingerprint density at radius 2 is 1.90 bits per heavy atom. The van der Waals surface area contributed by atoms with Gasteiger partial charge in [0.1, 0.15) is 5.82 Å². The maximum absolute atomic E-state index is 14.2. The summed E-state index contributed by atoms with van der Waals surface area (Å²) in [4.78, 5) is 0. The Morgan fingerprint density at radius 1 is 1.20 bits per heavy atom. The van der Waals surface area contributed by atoms with Gasteiger partial charge in [0, 0.05) is 13.6 Å². The number of hydrogen-bond donors (Lipinski definition) is 1. The van der Waals surface area contributed by atoms with Gasteiger partial charge in [-0.1, -0.05) is 29.3 Å². The summed E-state index contributed by atoms with van der Waals surface area (Å²) < 4.78 is 15.7. The maximum atomic E-state index is 14.2. The van der Waals surface area contributed by atoms with E-state index in [1.165, 1.54) is 6.07 Å². The molecule has 1 atom stereocenters. The second kappa shape index (κ2) is 6.92. The van der Waals surface area contributed by atoms with Gasteiger partial charge < -0.3 is 5.32 Å². The van der Waals surface area contributed by atoms with Crippen molar-refractivity contribution in [1.29, 1.82) is 0 Å². The normalized spacial score (nSPS) is 12.5. The molecule has 0 bridgehead atoms. The molecule has 6 heteroatoms. The lowest BCUT2D eigenvalue weighted by Gasteiger charge is -2.19. The summed E-state index contributed by atoms with van der Waals surface area (Å²) >= 11 is 17.6. The highest BCUT2D eigenvalue weighted by molar-refractivity contribution is 14.1. The predicted molar refractivity (Wildman–Crippen MR) is 94.2 cm³/mol. The third kappa shape index (κ3) is 3.47. The molecule has 0 aliphatic heterocycles. The van der Waals surface area contributed by atoms with Crippen LogP contribution in [0.1, 0.15) is 17.2 Å². The van der Waals surface area contributed by atoms with Crippen molar-refractivity contribution in [1.82, 2.24) is 5.32 Å². The van der Waals surface area contributed by atoms with Crippen molar-refractivity contribution in [3.05, 3.63) is 65.4 Å². The predicted octanol–water partition coefficient (Wildman–Crippen LogP) is 5.81. The van der Waals surface area contributed by atoms with E-state index in [0.717, 1.165) is 9.13 Å². The van der Waals surface area contributed by atoms with E-state index < -0.39 is 0 Å². The molecule has 106 valence electrons. The highest BCUT2D eigenvalue weighted by Crippen LogP contribution is 2.33. The van der Waals surface area contributed by atoms with Crippen molar-refractivity contribution >= 4 is 61.7 Å². The van der Waals surface area contributed by atoms with E-state index in [1.54, 1.807) is 13.1 Å². The Labute approximate surface area is 149 Å². The molecule has 1 N–H and O–H groups in total. The molecule has 1 nitrogen and oxygen atoms in total. The van der Waals surface area contributed by atoms with Gasteiger partial charge in [-0.2, -0.15) is 0 Å². The molecule has 0 fully saturated rings. The van der Waals surface area contributed by atoms with Crippen LogP contribution in [0.15, 0.2) is 34.8 Å². The fourth-order valence-electron chi connectivity index (χ4n) is 1.95. The largest absolute Gasteiger partial charge is 0.309 e. The van der Waals surface area contributed by atoms with Gasteiger partial charge in [-0.25, -0.2) is 4.39 Å². The molecule has 0 radical (unpaired) electrons. The van der Waals surface area contributed by atoms with Crippen LogP contribution in [0.4, 0.5) is 4.39 Å². The number of rotatable bonds is 3. The Morgan fingerprint density at radius 3 is 2.50 bits per heavy atom. The Kier molecular flexibility index (Phi) is 5.71. The summed E-state index contributed by atoms with van der Waals surface area (Å²) in [6.45, 7) is 0. The quantitative estimate of drug-likeness (QED) is 0.425. The summed E-state index contributed by atoms with van der Waals surface area (Å²) in [7, 11) is 1.77. The van der Waals surface area contributed by atoms with Crippen LogP contribution in [0.2, 0.25) is 10.0 Å². The van der Waals surface area contributed by atoms with Gasteiger partial charge in [0.05, 0.1) is 16.1 Å². The minimum absolute atomic E-state index is 0.310. The minimum atomic E-state index is -0.324. The Balaban J connectivity index is 2.52. The lowest BCUT2D eigenvalue weighted by Crippen LogP contribution is -2.19. The van der Waals surface area contributed by atoms with E-state index in [0.29, 0.717) is 20.1 Å². The van der Waals surface area contributed by atoms with E-state index in [2.05, 4.69) is 43.8 Å². The topological polar surface area (TPSA) is 12.0 Å². The van der Waals surface area contributed by atoms with Crippen LogP contribution in [0.3, 0.4) is 0 Å². The molecular weight excluding hydrogens is 479 g/mol. The van der Waals surface area contributed by atoms with Gasteiger partial charge in [-0.15, -0.1) is 0 Å². The van der Waals surface area contributed by atoms with Gasteiger partial charge in [0.25, 0.3) is 0 Å². The van der Waals surface area contributed by atoms with Crippen LogP contribution in [0, 0.1) is 9.39 Å². The number of halogens is 5. The second-order valence-electron chi connectivity index (χ2n) is 4.18. The molecule has 0 aromatic heterocycles. The Bertz CT molecular complexity index is 651. The first-order chi connectivity index (χ1) is 9.43. The zero-order chi connectivity index (χ0) is 14.9. The highest BCUT2D eigenvalue weighted by Gasteiger charge is 2.18. The third-order valence-corrected chi connectivity index (χ3v) is 5.69. The second-order valence-corrected chi connectivity index (χ2v) is 7.01. The maximum Gasteiger partial charge on any atom is 0.129 e. The van der Waals surface area contributed by atoms with Crippen molar-refractivity contribution in [2.24, 2.45) is 0 Å². The molecule has 0 heterocycles. The first-order valence-corrected chi connectivity index (χ1v) is 8.33. The average molecular weight is 489 g/mol. The summed E-state index contributed by atoms with van der Waals surface area (Å²) in [6.07, 6.45) is 0. The third-order valence-electron chi connectivity index (χ3n) is 2.92. The number of hydrogen-bond acceptors (Lipinski definition) is 1. The van der Waals surface area contributed by atoms with Gasteiger partial charge in [-0.05, 0) is 75.4 Å². The molecule has 0 saturated carbocycles. The number of nitrogens with one attached hydrogen (secondary N) is 1. The zero-order valence-corrected chi connectivity index (χ0v) is 15.6. The summed E-state index contributed by atoms with van der Waals surface area (Å²) in [5.74, 6) is -0.324. The standard InChI is InChI=1S/C14H10BrCl2FIN/c1-20-14(7-2-3-13(19)11(17)4-7)8-5-10(16)9(15)6-12(8)18/h2-6,14,20H,1H3. The molecule has 0 spiro atoms. The fraction of sp³-hybridized carbons (Fsp3) is 0.143. The zero-order valence-electron chi connectivity index (χ0n) is 10.4. The molecular formula is C14H10BrCl2FIN. The fourth-order valence-corrected chi connectivity index (χ4v) is 2.96. The first kappa shape index (κ1) is 16.5. The monoisotopic (exact) mass is 487 g/mol. The summed E-state index contributed by atoms with van der Waals surface area (Å²) in [5, 5.41) is 4.21. The number of benzene rings is 2. The van der Waals surface area contributed by atoms with Crippen LogP contribution < -0.4 is 5.32 Å². The van der Waals surface area contributed by atoms with Gasteiger partial charge in [-0.3, -0.25) is 0 Å². The van der Waals surface area contributed by atoms with Crippen LogP contribution >= 0.6 is 61.7 Å². The molecule has 1 unspecified atom stereocenters. The Hall–Kier alpha value is 0.120. The van der Waals surface area contributed by atoms with Crippen molar-refractivity contribution in [2.45, 2.75) is 6.04 Å². The summed E-state index contributed by atoms with van der Waals surface area (Å²) in [5.41, 5.74) is 1.37. The van der Waals surface area contributed by atoms with E-state index in [4.69, 9.17) is 23.2 Å². The average Bonchev–Trinajstić information content (AvgIpc) is 2.40. The van der Waals surface area contributed by atoms with Crippen LogP contribution in [-0.2, 0) is 0 Å². The molecule has 0 aliphatic rings. The lowest BCUT2D eigenvalue weighted by molar-refractivity contribution is 0.575. The van der Waals surface area contributed by atoms with E-state index in [9.17, 15) is 4.39 Å². The van der Waals surface area contributed by atoms with E-state index in [1.807, 2.05) is 18.2 Å². The SMILES string of the molecule is CNC(c1ccc(I)c(Cl)c1)c1cc(Cl)c(Br)cc1F. The van der Waals surface area contributed by atoms with Crippen molar-refractivity contribution in [3.8, 4) is 0 Å². The molecule has 0 saturated heterocycles. The minimum Gasteiger partial charge on any atom is -0.309 e. The summed E-state index contributed by atoms with van der Waals surface area (Å²) in [6, 6.07) is 8.34. The molecule has 2 rings (SSSR count). The van der Waals surface area contributed by atoms with Crippen molar-refractivity contribution in [3.63, 3.8) is 0 Å². The van der Waals surface area contributed by atoms with E-state index in [-0.39, 0.29) is 11.9 Å². The highest BCUT2D eigenvalue weighted by atomic mass is 127. The molecule has 20 heavy (non-hydrogen) atoms. The van der Waals surface area contributed by atoms with E-state index >= 15 is 0 Å². The molecule has 0 aliphatic carbocycles. The molecule has 2 aromatic rings. The van der Waals surface area contributed by atoms with Crippen molar-refractivity contribution < 1.29 is 4.39 Å². The van der Waals surface area contributed by atoms with Gasteiger partial charge in [0.2, 0.25) is 0 Å². The van der Waals surface area contributed by atoms with Crippen LogP contribution in [-0.4, -0.2) is 7.05 Å². The van der Waals surface area contributed by atoms with Gasteiger partial charge >= 0.3 is 0 Å². The molecule has 2 aromatic carbocycles.